The number of hydrogen-bond acceptors (Lipinski definition) is 3. The van der Waals surface area contributed by atoms with Gasteiger partial charge in [0.05, 0.1) is 0 Å². The Hall–Kier alpha value is -2.33. The van der Waals surface area contributed by atoms with E-state index in [4.69, 9.17) is 4.74 Å². The first kappa shape index (κ1) is 20.6. The minimum Gasteiger partial charge on any atom is -0.489 e. The van der Waals surface area contributed by atoms with E-state index >= 15 is 0 Å². The maximum absolute atomic E-state index is 12.6. The minimum atomic E-state index is -0.844. The molecule has 4 nitrogen and oxygen atoms in total. The van der Waals surface area contributed by atoms with Crippen LogP contribution < -0.4 is 10.1 Å². The van der Waals surface area contributed by atoms with E-state index in [9.17, 15) is 9.90 Å². The maximum atomic E-state index is 12.6. The Bertz CT molecular complexity index is 851. The van der Waals surface area contributed by atoms with Crippen LogP contribution in [0.2, 0.25) is 0 Å². The van der Waals surface area contributed by atoms with Crippen LogP contribution in [0.15, 0.2) is 54.6 Å². The molecule has 0 saturated heterocycles. The van der Waals surface area contributed by atoms with E-state index in [1.807, 2.05) is 42.5 Å². The van der Waals surface area contributed by atoms with Crippen LogP contribution in [-0.2, 0) is 17.8 Å². The van der Waals surface area contributed by atoms with Crippen molar-refractivity contribution in [1.82, 2.24) is 5.32 Å². The Morgan fingerprint density at radius 3 is 2.19 bits per heavy atom. The van der Waals surface area contributed by atoms with E-state index in [0.29, 0.717) is 25.0 Å². The van der Waals surface area contributed by atoms with Crippen LogP contribution in [0.3, 0.4) is 0 Å². The number of benzene rings is 2. The lowest BCUT2D eigenvalue weighted by Crippen LogP contribution is -2.53. The Balaban J connectivity index is 1.07. The second kappa shape index (κ2) is 9.04. The van der Waals surface area contributed by atoms with E-state index < -0.39 is 6.10 Å². The largest absolute Gasteiger partial charge is 0.489 e. The molecule has 4 fully saturated rings. The van der Waals surface area contributed by atoms with Gasteiger partial charge in [0, 0.05) is 6.54 Å². The predicted octanol–water partition coefficient (Wildman–Crippen LogP) is 4.36. The molecule has 1 atom stereocenters. The topological polar surface area (TPSA) is 58.6 Å². The standard InChI is InChI=1S/C27H33NO3/c29-26(25-22-13-20-12-21(15-22)16-23(25)14-20)27(30)28-11-10-18-6-8-24(9-7-18)31-17-19-4-2-1-3-5-19/h1-9,20-23,25-26,29H,10-17H2,(H,28,30). The van der Waals surface area contributed by atoms with Gasteiger partial charge in [-0.3, -0.25) is 4.79 Å². The molecule has 4 saturated carbocycles. The lowest BCUT2D eigenvalue weighted by atomic mass is 9.51. The average molecular weight is 420 g/mol. The minimum absolute atomic E-state index is 0.175. The highest BCUT2D eigenvalue weighted by molar-refractivity contribution is 5.81. The Morgan fingerprint density at radius 1 is 0.903 bits per heavy atom. The second-order valence-electron chi connectivity index (χ2n) is 9.91. The summed E-state index contributed by atoms with van der Waals surface area (Å²) in [6, 6.07) is 18.2. The van der Waals surface area contributed by atoms with Gasteiger partial charge in [-0.05, 0) is 91.4 Å². The summed E-state index contributed by atoms with van der Waals surface area (Å²) in [4.78, 5) is 12.6. The number of aliphatic hydroxyl groups is 1. The van der Waals surface area contributed by atoms with Crippen molar-refractivity contribution >= 4 is 5.91 Å². The van der Waals surface area contributed by atoms with Crippen molar-refractivity contribution in [2.45, 2.75) is 51.2 Å². The highest BCUT2D eigenvalue weighted by Crippen LogP contribution is 2.57. The van der Waals surface area contributed by atoms with Gasteiger partial charge in [0.25, 0.3) is 0 Å². The fraction of sp³-hybridized carbons (Fsp3) is 0.519. The molecule has 0 heterocycles. The molecule has 164 valence electrons. The van der Waals surface area contributed by atoms with E-state index in [1.54, 1.807) is 0 Å². The number of hydrogen-bond donors (Lipinski definition) is 2. The molecule has 1 amide bonds. The van der Waals surface area contributed by atoms with Gasteiger partial charge in [-0.25, -0.2) is 0 Å². The van der Waals surface area contributed by atoms with Gasteiger partial charge >= 0.3 is 0 Å². The zero-order valence-corrected chi connectivity index (χ0v) is 18.1. The average Bonchev–Trinajstić information content (AvgIpc) is 2.78. The van der Waals surface area contributed by atoms with Crippen LogP contribution in [0.1, 0.15) is 43.2 Å². The zero-order chi connectivity index (χ0) is 21.2. The molecule has 1 unspecified atom stereocenters. The molecule has 2 aromatic rings. The third-order valence-corrected chi connectivity index (χ3v) is 7.82. The van der Waals surface area contributed by atoms with Crippen molar-refractivity contribution < 1.29 is 14.6 Å². The third-order valence-electron chi connectivity index (χ3n) is 7.82. The van der Waals surface area contributed by atoms with Crippen molar-refractivity contribution in [3.8, 4) is 5.75 Å². The van der Waals surface area contributed by atoms with Gasteiger partial charge in [-0.2, -0.15) is 0 Å². The van der Waals surface area contributed by atoms with E-state index in [2.05, 4.69) is 17.4 Å². The number of rotatable bonds is 8. The van der Waals surface area contributed by atoms with Crippen LogP contribution in [-0.4, -0.2) is 23.7 Å². The smallest absolute Gasteiger partial charge is 0.249 e. The first-order chi connectivity index (χ1) is 15.2. The summed E-state index contributed by atoms with van der Waals surface area (Å²) < 4.78 is 5.83. The monoisotopic (exact) mass is 419 g/mol. The molecule has 4 heteroatoms. The van der Waals surface area contributed by atoms with E-state index in [-0.39, 0.29) is 11.8 Å². The number of amides is 1. The molecule has 4 aliphatic rings. The Labute approximate surface area is 185 Å². The van der Waals surface area contributed by atoms with Crippen molar-refractivity contribution in [3.63, 3.8) is 0 Å². The van der Waals surface area contributed by atoms with Gasteiger partial charge in [0.15, 0.2) is 0 Å². The number of carbonyl (C=O) groups is 1. The molecule has 0 spiro atoms. The van der Waals surface area contributed by atoms with Gasteiger partial charge in [0.2, 0.25) is 5.91 Å². The summed E-state index contributed by atoms with van der Waals surface area (Å²) in [6.07, 6.45) is 6.18. The van der Waals surface area contributed by atoms with E-state index in [0.717, 1.165) is 35.1 Å². The fourth-order valence-electron chi connectivity index (χ4n) is 6.59. The summed E-state index contributed by atoms with van der Waals surface area (Å²) in [5.74, 6) is 3.66. The first-order valence-electron chi connectivity index (χ1n) is 11.9. The molecule has 6 rings (SSSR count). The zero-order valence-electron chi connectivity index (χ0n) is 18.1. The van der Waals surface area contributed by atoms with Crippen molar-refractivity contribution in [2.24, 2.45) is 29.6 Å². The molecule has 0 radical (unpaired) electrons. The van der Waals surface area contributed by atoms with Crippen LogP contribution >= 0.6 is 0 Å². The molecular formula is C27H33NO3. The summed E-state index contributed by atoms with van der Waals surface area (Å²) in [5.41, 5.74) is 2.29. The fourth-order valence-corrected chi connectivity index (χ4v) is 6.59. The molecule has 2 N–H and O–H groups in total. The highest BCUT2D eigenvalue weighted by Gasteiger charge is 2.51. The Kier molecular flexibility index (Phi) is 5.99. The van der Waals surface area contributed by atoms with Crippen LogP contribution in [0.5, 0.6) is 5.75 Å². The number of carbonyl (C=O) groups excluding carboxylic acids is 1. The molecule has 4 bridgehead atoms. The molecule has 4 aliphatic carbocycles. The third kappa shape index (κ3) is 4.64. The van der Waals surface area contributed by atoms with Crippen LogP contribution in [0, 0.1) is 29.6 Å². The normalized spacial score (nSPS) is 29.5. The lowest BCUT2D eigenvalue weighted by molar-refractivity contribution is -0.144. The van der Waals surface area contributed by atoms with Gasteiger partial charge in [-0.15, -0.1) is 0 Å². The lowest BCUT2D eigenvalue weighted by Gasteiger charge is -2.55. The molecule has 2 aromatic carbocycles. The van der Waals surface area contributed by atoms with Crippen molar-refractivity contribution in [1.29, 1.82) is 0 Å². The Morgan fingerprint density at radius 2 is 1.55 bits per heavy atom. The molecule has 0 aromatic heterocycles. The predicted molar refractivity (Wildman–Crippen MR) is 120 cm³/mol. The van der Waals surface area contributed by atoms with Crippen molar-refractivity contribution in [3.05, 3.63) is 65.7 Å². The number of aliphatic hydroxyl groups excluding tert-OH is 1. The summed E-state index contributed by atoms with van der Waals surface area (Å²) in [5, 5.41) is 13.8. The van der Waals surface area contributed by atoms with Crippen molar-refractivity contribution in [2.75, 3.05) is 6.54 Å². The SMILES string of the molecule is O=C(NCCc1ccc(OCc2ccccc2)cc1)C(O)C1C2CC3CC(C2)CC1C3. The second-order valence-corrected chi connectivity index (χ2v) is 9.91. The number of nitrogens with one attached hydrogen (secondary N) is 1. The number of ether oxygens (including phenoxy) is 1. The quantitative estimate of drug-likeness (QED) is 0.669. The summed E-state index contributed by atoms with van der Waals surface area (Å²) in [6.45, 7) is 1.10. The maximum Gasteiger partial charge on any atom is 0.249 e. The van der Waals surface area contributed by atoms with Gasteiger partial charge < -0.3 is 15.2 Å². The highest BCUT2D eigenvalue weighted by atomic mass is 16.5. The summed E-state index contributed by atoms with van der Waals surface area (Å²) >= 11 is 0. The van der Waals surface area contributed by atoms with Gasteiger partial charge in [0.1, 0.15) is 18.5 Å². The molecular weight excluding hydrogens is 386 g/mol. The molecule has 0 aliphatic heterocycles. The molecule has 31 heavy (non-hydrogen) atoms. The van der Waals surface area contributed by atoms with Crippen LogP contribution in [0.4, 0.5) is 0 Å². The van der Waals surface area contributed by atoms with Crippen LogP contribution in [0.25, 0.3) is 0 Å². The van der Waals surface area contributed by atoms with Gasteiger partial charge in [-0.1, -0.05) is 42.5 Å². The summed E-state index contributed by atoms with van der Waals surface area (Å²) in [7, 11) is 0. The first-order valence-corrected chi connectivity index (χ1v) is 11.9. The van der Waals surface area contributed by atoms with E-state index in [1.165, 1.54) is 32.1 Å².